The number of ketones is 1. The lowest BCUT2D eigenvalue weighted by molar-refractivity contribution is 0.102. The molecular formula is C21H18N2O4S2. The number of hydrogen-bond acceptors (Lipinski definition) is 7. The Bertz CT molecular complexity index is 1210. The fourth-order valence-electron chi connectivity index (χ4n) is 2.92. The third kappa shape index (κ3) is 4.13. The highest BCUT2D eigenvalue weighted by atomic mass is 32.2. The molecule has 0 bridgehead atoms. The summed E-state index contributed by atoms with van der Waals surface area (Å²) in [6.07, 6.45) is 1.57. The Hall–Kier alpha value is -2.84. The van der Waals surface area contributed by atoms with Gasteiger partial charge >= 0.3 is 0 Å². The third-order valence-corrected chi connectivity index (χ3v) is 6.30. The van der Waals surface area contributed by atoms with Gasteiger partial charge in [-0.05, 0) is 49.4 Å². The Morgan fingerprint density at radius 2 is 2.07 bits per heavy atom. The summed E-state index contributed by atoms with van der Waals surface area (Å²) in [6.45, 7) is 2.21. The van der Waals surface area contributed by atoms with Crippen molar-refractivity contribution >= 4 is 39.1 Å². The zero-order valence-electron chi connectivity index (χ0n) is 15.9. The number of fused-ring (bicyclic) bond motifs is 1. The summed E-state index contributed by atoms with van der Waals surface area (Å²) < 4.78 is 12.1. The van der Waals surface area contributed by atoms with E-state index < -0.39 is 0 Å². The molecule has 4 aromatic rings. The molecule has 0 saturated carbocycles. The van der Waals surface area contributed by atoms with Crippen LogP contribution in [0.5, 0.6) is 5.75 Å². The molecule has 0 unspecified atom stereocenters. The Morgan fingerprint density at radius 3 is 2.76 bits per heavy atom. The maximum absolute atomic E-state index is 13.0. The van der Waals surface area contributed by atoms with Gasteiger partial charge < -0.3 is 9.15 Å². The molecule has 6 nitrogen and oxygen atoms in total. The molecule has 0 N–H and O–H groups in total. The Kier molecular flexibility index (Phi) is 5.55. The van der Waals surface area contributed by atoms with Crippen molar-refractivity contribution in [3.05, 3.63) is 75.3 Å². The molecule has 0 saturated heterocycles. The summed E-state index contributed by atoms with van der Waals surface area (Å²) in [6, 6.07) is 12.4. The van der Waals surface area contributed by atoms with Crippen LogP contribution in [0.15, 0.2) is 63.1 Å². The molecule has 0 aliphatic rings. The first-order chi connectivity index (χ1) is 14.0. The van der Waals surface area contributed by atoms with Crippen molar-refractivity contribution in [2.24, 2.45) is 0 Å². The Morgan fingerprint density at radius 1 is 1.28 bits per heavy atom. The van der Waals surface area contributed by atoms with Gasteiger partial charge in [0.05, 0.1) is 31.1 Å². The first kappa shape index (κ1) is 19.5. The van der Waals surface area contributed by atoms with Gasteiger partial charge in [0.25, 0.3) is 5.56 Å². The molecule has 0 atom stereocenters. The molecular weight excluding hydrogens is 408 g/mol. The summed E-state index contributed by atoms with van der Waals surface area (Å²) in [5.41, 5.74) is 0.460. The first-order valence-electron chi connectivity index (χ1n) is 8.88. The van der Waals surface area contributed by atoms with Gasteiger partial charge in [-0.3, -0.25) is 14.2 Å². The van der Waals surface area contributed by atoms with Gasteiger partial charge in [-0.1, -0.05) is 11.8 Å². The monoisotopic (exact) mass is 426 g/mol. The van der Waals surface area contributed by atoms with Crippen molar-refractivity contribution in [3.63, 3.8) is 0 Å². The van der Waals surface area contributed by atoms with E-state index >= 15 is 0 Å². The van der Waals surface area contributed by atoms with Gasteiger partial charge in [-0.2, -0.15) is 0 Å². The molecule has 3 aromatic heterocycles. The average Bonchev–Trinajstić information content (AvgIpc) is 3.37. The maximum atomic E-state index is 13.0. The number of thiophene rings is 1. The van der Waals surface area contributed by atoms with E-state index in [-0.39, 0.29) is 23.6 Å². The van der Waals surface area contributed by atoms with Gasteiger partial charge in [-0.15, -0.1) is 11.3 Å². The van der Waals surface area contributed by atoms with Crippen LogP contribution in [0.2, 0.25) is 0 Å². The second-order valence-electron chi connectivity index (χ2n) is 6.38. The standard InChI is InChI=1S/C21H18N2O4S2/c1-13-10-17-19(29-13)22-21(23(20(17)25)11-16-4-3-9-27-16)28-12-18(24)14-5-7-15(26-2)8-6-14/h3-10H,11-12H2,1-2H3. The molecule has 29 heavy (non-hydrogen) atoms. The average molecular weight is 427 g/mol. The summed E-state index contributed by atoms with van der Waals surface area (Å²) in [4.78, 5) is 32.0. The minimum Gasteiger partial charge on any atom is -0.497 e. The molecule has 4 rings (SSSR count). The summed E-state index contributed by atoms with van der Waals surface area (Å²) in [5, 5.41) is 1.09. The first-order valence-corrected chi connectivity index (χ1v) is 10.7. The molecule has 148 valence electrons. The van der Waals surface area contributed by atoms with Crippen molar-refractivity contribution in [1.29, 1.82) is 0 Å². The predicted octanol–water partition coefficient (Wildman–Crippen LogP) is 4.39. The van der Waals surface area contributed by atoms with Crippen molar-refractivity contribution in [3.8, 4) is 5.75 Å². The highest BCUT2D eigenvalue weighted by molar-refractivity contribution is 7.99. The highest BCUT2D eigenvalue weighted by Crippen LogP contribution is 2.25. The van der Waals surface area contributed by atoms with E-state index in [1.807, 2.05) is 19.1 Å². The molecule has 0 radical (unpaired) electrons. The van der Waals surface area contributed by atoms with Crippen molar-refractivity contribution in [2.45, 2.75) is 18.6 Å². The lowest BCUT2D eigenvalue weighted by Gasteiger charge is -2.10. The number of nitrogens with zero attached hydrogens (tertiary/aromatic N) is 2. The van der Waals surface area contributed by atoms with Crippen LogP contribution in [0.4, 0.5) is 0 Å². The van der Waals surface area contributed by atoms with E-state index in [1.54, 1.807) is 48.3 Å². The zero-order chi connectivity index (χ0) is 20.4. The van der Waals surface area contributed by atoms with E-state index in [0.29, 0.717) is 32.4 Å². The number of benzene rings is 1. The normalized spacial score (nSPS) is 11.1. The molecule has 0 fully saturated rings. The van der Waals surface area contributed by atoms with Crippen LogP contribution in [0, 0.1) is 6.92 Å². The number of ether oxygens (including phenoxy) is 1. The molecule has 8 heteroatoms. The molecule has 0 amide bonds. The van der Waals surface area contributed by atoms with Crippen LogP contribution >= 0.6 is 23.1 Å². The zero-order valence-corrected chi connectivity index (χ0v) is 17.5. The highest BCUT2D eigenvalue weighted by Gasteiger charge is 2.17. The molecule has 1 aromatic carbocycles. The molecule has 0 aliphatic carbocycles. The Balaban J connectivity index is 1.64. The van der Waals surface area contributed by atoms with E-state index in [4.69, 9.17) is 9.15 Å². The number of aromatic nitrogens is 2. The van der Waals surface area contributed by atoms with Crippen LogP contribution in [0.25, 0.3) is 10.2 Å². The second-order valence-corrected chi connectivity index (χ2v) is 8.56. The minimum atomic E-state index is -0.129. The third-order valence-electron chi connectivity index (χ3n) is 4.38. The van der Waals surface area contributed by atoms with Gasteiger partial charge in [-0.25, -0.2) is 4.98 Å². The Labute approximate surface area is 175 Å². The van der Waals surface area contributed by atoms with Gasteiger partial charge in [0, 0.05) is 10.4 Å². The lowest BCUT2D eigenvalue weighted by Crippen LogP contribution is -2.23. The number of Topliss-reactive ketones (excluding diaryl/α,β-unsaturated/α-hetero) is 1. The smallest absolute Gasteiger partial charge is 0.263 e. The van der Waals surface area contributed by atoms with E-state index in [9.17, 15) is 9.59 Å². The van der Waals surface area contributed by atoms with Crippen molar-refractivity contribution in [2.75, 3.05) is 12.9 Å². The molecule has 3 heterocycles. The van der Waals surface area contributed by atoms with E-state index in [1.165, 1.54) is 23.1 Å². The number of rotatable bonds is 7. The number of methoxy groups -OCH3 is 1. The van der Waals surface area contributed by atoms with E-state index in [0.717, 1.165) is 4.88 Å². The summed E-state index contributed by atoms with van der Waals surface area (Å²) in [7, 11) is 1.58. The van der Waals surface area contributed by atoms with Crippen LogP contribution in [-0.2, 0) is 6.54 Å². The quantitative estimate of drug-likeness (QED) is 0.248. The number of thioether (sulfide) groups is 1. The number of aryl methyl sites for hydroxylation is 1. The predicted molar refractivity (Wildman–Crippen MR) is 114 cm³/mol. The number of carbonyl (C=O) groups is 1. The fourth-order valence-corrected chi connectivity index (χ4v) is 4.73. The fraction of sp³-hybridized carbons (Fsp3) is 0.190. The number of carbonyl (C=O) groups excluding carboxylic acids is 1. The van der Waals surface area contributed by atoms with Gasteiger partial charge in [0.15, 0.2) is 10.9 Å². The number of furan rings is 1. The van der Waals surface area contributed by atoms with Crippen LogP contribution in [0.3, 0.4) is 0 Å². The largest absolute Gasteiger partial charge is 0.497 e. The van der Waals surface area contributed by atoms with Crippen LogP contribution in [-0.4, -0.2) is 28.2 Å². The molecule has 0 aliphatic heterocycles. The maximum Gasteiger partial charge on any atom is 0.263 e. The van der Waals surface area contributed by atoms with Crippen molar-refractivity contribution in [1.82, 2.24) is 9.55 Å². The SMILES string of the molecule is COc1ccc(C(=O)CSc2nc3sc(C)cc3c(=O)n2Cc2ccco2)cc1. The van der Waals surface area contributed by atoms with Crippen LogP contribution < -0.4 is 10.3 Å². The van der Waals surface area contributed by atoms with Crippen LogP contribution in [0.1, 0.15) is 21.0 Å². The second kappa shape index (κ2) is 8.26. The van der Waals surface area contributed by atoms with Gasteiger partial charge in [0.1, 0.15) is 16.3 Å². The topological polar surface area (TPSA) is 74.3 Å². The van der Waals surface area contributed by atoms with Gasteiger partial charge in [0.2, 0.25) is 0 Å². The minimum absolute atomic E-state index is 0.0427. The summed E-state index contributed by atoms with van der Waals surface area (Å²) in [5.74, 6) is 1.48. The summed E-state index contributed by atoms with van der Waals surface area (Å²) >= 11 is 2.73. The molecule has 0 spiro atoms. The number of hydrogen-bond donors (Lipinski definition) is 0. The van der Waals surface area contributed by atoms with Crippen molar-refractivity contribution < 1.29 is 13.9 Å². The lowest BCUT2D eigenvalue weighted by atomic mass is 10.1. The van der Waals surface area contributed by atoms with E-state index in [2.05, 4.69) is 4.98 Å².